The second-order valence-corrected chi connectivity index (χ2v) is 15.6. The van der Waals surface area contributed by atoms with Gasteiger partial charge in [-0.1, -0.05) is 51.1 Å². The number of amides is 1. The number of carbonyl (C=O) groups is 1. The Morgan fingerprint density at radius 3 is 2.30 bits per heavy atom. The van der Waals surface area contributed by atoms with Crippen LogP contribution in [0.1, 0.15) is 59.9 Å². The number of rotatable bonds is 6. The molecule has 5 nitrogen and oxygen atoms in total. The molecule has 0 saturated carbocycles. The van der Waals surface area contributed by atoms with Crippen molar-refractivity contribution in [2.24, 2.45) is 0 Å². The van der Waals surface area contributed by atoms with E-state index in [1.807, 2.05) is 43.9 Å². The Hall–Kier alpha value is -1.37. The summed E-state index contributed by atoms with van der Waals surface area (Å²) in [6.45, 7) is 18.6. The quantitative estimate of drug-likeness (QED) is 0.515. The Morgan fingerprint density at radius 1 is 1.10 bits per heavy atom. The summed E-state index contributed by atoms with van der Waals surface area (Å²) in [5.74, 6) is 0. The maximum absolute atomic E-state index is 13.0. The number of carbonyl (C=O) groups excluding carboxylic acids is 1. The first-order valence-corrected chi connectivity index (χ1v) is 14.0. The van der Waals surface area contributed by atoms with Crippen LogP contribution in [0.15, 0.2) is 30.3 Å². The van der Waals surface area contributed by atoms with Crippen LogP contribution in [0.4, 0.5) is 4.79 Å². The molecule has 30 heavy (non-hydrogen) atoms. The average Bonchev–Trinajstić information content (AvgIpc) is 2.63. The molecule has 0 aliphatic carbocycles. The Morgan fingerprint density at radius 2 is 1.73 bits per heavy atom. The highest BCUT2D eigenvalue weighted by molar-refractivity contribution is 6.74. The summed E-state index contributed by atoms with van der Waals surface area (Å²) in [6, 6.07) is 10.0. The van der Waals surface area contributed by atoms with E-state index in [-0.39, 0.29) is 23.3 Å². The van der Waals surface area contributed by atoms with Gasteiger partial charge in [-0.2, -0.15) is 0 Å². The molecule has 170 valence electrons. The van der Waals surface area contributed by atoms with E-state index in [9.17, 15) is 4.79 Å². The van der Waals surface area contributed by atoms with Crippen molar-refractivity contribution in [2.75, 3.05) is 13.2 Å². The standard InChI is InChI=1S/C24H41NO4Si/c1-23(2,3)29-22(26)25-16-12-15-21(27-17-19-13-10-9-11-14-19)20(25)18-28-30(7,8)24(4,5)6/h9-11,13-14,20-21H,12,15-18H2,1-8H3/t20-,21+/m0/s1. The third-order valence-electron chi connectivity index (χ3n) is 6.07. The summed E-state index contributed by atoms with van der Waals surface area (Å²) >= 11 is 0. The third-order valence-corrected chi connectivity index (χ3v) is 10.6. The first-order valence-electron chi connectivity index (χ1n) is 11.1. The fraction of sp³-hybridized carbons (Fsp3) is 0.708. The van der Waals surface area contributed by atoms with Gasteiger partial charge in [0.05, 0.1) is 25.4 Å². The normalized spacial score (nSPS) is 20.9. The topological polar surface area (TPSA) is 48.0 Å². The summed E-state index contributed by atoms with van der Waals surface area (Å²) in [5.41, 5.74) is 0.607. The lowest BCUT2D eigenvalue weighted by Gasteiger charge is -2.44. The molecule has 0 unspecified atom stereocenters. The van der Waals surface area contributed by atoms with E-state index in [0.717, 1.165) is 18.4 Å². The highest BCUT2D eigenvalue weighted by atomic mass is 28.4. The lowest BCUT2D eigenvalue weighted by atomic mass is 9.99. The predicted molar refractivity (Wildman–Crippen MR) is 124 cm³/mol. The minimum Gasteiger partial charge on any atom is -0.444 e. The lowest BCUT2D eigenvalue weighted by Crippen LogP contribution is -2.56. The molecule has 2 rings (SSSR count). The smallest absolute Gasteiger partial charge is 0.410 e. The van der Waals surface area contributed by atoms with Gasteiger partial charge in [0.2, 0.25) is 0 Å². The molecule has 0 aromatic heterocycles. The van der Waals surface area contributed by atoms with Gasteiger partial charge < -0.3 is 18.8 Å². The van der Waals surface area contributed by atoms with Gasteiger partial charge in [0.15, 0.2) is 8.32 Å². The Labute approximate surface area is 184 Å². The van der Waals surface area contributed by atoms with Crippen molar-refractivity contribution in [3.8, 4) is 0 Å². The molecule has 0 N–H and O–H groups in total. The fourth-order valence-corrected chi connectivity index (χ4v) is 4.27. The van der Waals surface area contributed by atoms with E-state index in [1.54, 1.807) is 0 Å². The summed E-state index contributed by atoms with van der Waals surface area (Å²) in [5, 5.41) is 0.110. The van der Waals surface area contributed by atoms with Crippen LogP contribution in [0, 0.1) is 0 Å². The van der Waals surface area contributed by atoms with Crippen molar-refractivity contribution >= 4 is 14.4 Å². The molecule has 1 heterocycles. The summed E-state index contributed by atoms with van der Waals surface area (Å²) in [4.78, 5) is 14.8. The summed E-state index contributed by atoms with van der Waals surface area (Å²) in [6.07, 6.45) is 1.46. The lowest BCUT2D eigenvalue weighted by molar-refractivity contribution is -0.0701. The van der Waals surface area contributed by atoms with Crippen molar-refractivity contribution in [3.63, 3.8) is 0 Å². The maximum Gasteiger partial charge on any atom is 0.410 e. The van der Waals surface area contributed by atoms with Crippen LogP contribution in [0.25, 0.3) is 0 Å². The molecule has 1 aromatic rings. The van der Waals surface area contributed by atoms with Crippen molar-refractivity contribution in [1.29, 1.82) is 0 Å². The number of hydrogen-bond donors (Lipinski definition) is 0. The Kier molecular flexibility index (Phi) is 8.16. The van der Waals surface area contributed by atoms with E-state index < -0.39 is 13.9 Å². The van der Waals surface area contributed by atoms with Crippen molar-refractivity contribution in [1.82, 2.24) is 4.90 Å². The molecular weight excluding hydrogens is 394 g/mol. The number of benzene rings is 1. The molecule has 1 amide bonds. The molecule has 0 radical (unpaired) electrons. The number of nitrogens with zero attached hydrogens (tertiary/aromatic N) is 1. The molecule has 2 atom stereocenters. The highest BCUT2D eigenvalue weighted by Gasteiger charge is 2.42. The SMILES string of the molecule is CC(C)(C)OC(=O)N1CCC[C@@H](OCc2ccccc2)[C@@H]1CO[Si](C)(C)C(C)(C)C. The van der Waals surface area contributed by atoms with Crippen LogP contribution in [0.2, 0.25) is 18.1 Å². The van der Waals surface area contributed by atoms with Crippen LogP contribution in [0.5, 0.6) is 0 Å². The first-order chi connectivity index (χ1) is 13.8. The largest absolute Gasteiger partial charge is 0.444 e. The van der Waals surface area contributed by atoms with E-state index in [2.05, 4.69) is 46.0 Å². The molecule has 1 aromatic carbocycles. The monoisotopic (exact) mass is 435 g/mol. The fourth-order valence-electron chi connectivity index (χ4n) is 3.25. The van der Waals surface area contributed by atoms with Gasteiger partial charge in [-0.15, -0.1) is 0 Å². The van der Waals surface area contributed by atoms with Crippen LogP contribution < -0.4 is 0 Å². The molecule has 0 spiro atoms. The van der Waals surface area contributed by atoms with Gasteiger partial charge in [-0.3, -0.25) is 0 Å². The molecule has 0 bridgehead atoms. The number of piperidine rings is 1. The zero-order valence-corrected chi connectivity index (χ0v) is 21.2. The number of likely N-dealkylation sites (tertiary alicyclic amines) is 1. The first kappa shape index (κ1) is 24.9. The third kappa shape index (κ3) is 7.10. The second-order valence-electron chi connectivity index (χ2n) is 10.8. The van der Waals surface area contributed by atoms with Gasteiger partial charge in [0.1, 0.15) is 5.60 Å². The van der Waals surface area contributed by atoms with E-state index in [1.165, 1.54) is 0 Å². The number of hydrogen-bond acceptors (Lipinski definition) is 4. The van der Waals surface area contributed by atoms with Gasteiger partial charge in [0.25, 0.3) is 0 Å². The van der Waals surface area contributed by atoms with Gasteiger partial charge in [0, 0.05) is 6.54 Å². The van der Waals surface area contributed by atoms with Crippen molar-refractivity contribution in [3.05, 3.63) is 35.9 Å². The molecular formula is C24H41NO4Si. The zero-order chi connectivity index (χ0) is 22.6. The van der Waals surface area contributed by atoms with Gasteiger partial charge in [-0.05, 0) is 57.3 Å². The minimum absolute atomic E-state index is 0.0729. The van der Waals surface area contributed by atoms with Crippen LogP contribution in [-0.2, 0) is 20.5 Å². The van der Waals surface area contributed by atoms with Crippen molar-refractivity contribution < 1.29 is 18.7 Å². The Balaban J connectivity index is 2.17. The highest BCUT2D eigenvalue weighted by Crippen LogP contribution is 2.37. The predicted octanol–water partition coefficient (Wildman–Crippen LogP) is 5.99. The van der Waals surface area contributed by atoms with E-state index in [4.69, 9.17) is 13.9 Å². The number of ether oxygens (including phenoxy) is 2. The van der Waals surface area contributed by atoms with Crippen LogP contribution in [0.3, 0.4) is 0 Å². The average molecular weight is 436 g/mol. The van der Waals surface area contributed by atoms with Crippen LogP contribution >= 0.6 is 0 Å². The summed E-state index contributed by atoms with van der Waals surface area (Å²) in [7, 11) is -1.95. The maximum atomic E-state index is 13.0. The molecule has 1 fully saturated rings. The second kappa shape index (κ2) is 9.84. The zero-order valence-electron chi connectivity index (χ0n) is 20.2. The molecule has 6 heteroatoms. The Bertz CT molecular complexity index is 679. The van der Waals surface area contributed by atoms with Crippen LogP contribution in [-0.4, -0.2) is 50.2 Å². The minimum atomic E-state index is -1.95. The van der Waals surface area contributed by atoms with Gasteiger partial charge in [-0.25, -0.2) is 4.79 Å². The van der Waals surface area contributed by atoms with Gasteiger partial charge >= 0.3 is 6.09 Å². The summed E-state index contributed by atoms with van der Waals surface area (Å²) < 4.78 is 18.6. The van der Waals surface area contributed by atoms with E-state index in [0.29, 0.717) is 19.8 Å². The van der Waals surface area contributed by atoms with Crippen molar-refractivity contribution in [2.45, 2.75) is 96.9 Å². The molecule has 1 aliphatic rings. The van der Waals surface area contributed by atoms with E-state index >= 15 is 0 Å². The molecule has 1 saturated heterocycles. The molecule has 1 aliphatic heterocycles.